The molecule has 1 fully saturated rings. The van der Waals surface area contributed by atoms with Crippen LogP contribution in [-0.2, 0) is 0 Å². The van der Waals surface area contributed by atoms with Crippen molar-refractivity contribution >= 4 is 0 Å². The van der Waals surface area contributed by atoms with Crippen LogP contribution < -0.4 is 0 Å². The Balaban J connectivity index is 2.24. The van der Waals surface area contributed by atoms with Crippen LogP contribution in [0.15, 0.2) is 0 Å². The highest BCUT2D eigenvalue weighted by Crippen LogP contribution is 2.47. The van der Waals surface area contributed by atoms with Crippen LogP contribution in [0, 0.1) is 17.8 Å². The minimum Gasteiger partial charge on any atom is -0.0651 e. The summed E-state index contributed by atoms with van der Waals surface area (Å²) < 4.78 is 0. The van der Waals surface area contributed by atoms with Gasteiger partial charge in [0, 0.05) is 0 Å². The fourth-order valence-electron chi connectivity index (χ4n) is 1.51. The van der Waals surface area contributed by atoms with Gasteiger partial charge >= 0.3 is 0 Å². The molecule has 3 atom stereocenters. The molecule has 0 nitrogen and oxygen atoms in total. The van der Waals surface area contributed by atoms with Gasteiger partial charge in [-0.2, -0.15) is 0 Å². The Bertz CT molecular complexity index is 58.4. The average Bonchev–Trinajstić information content (AvgIpc) is 2.17. The van der Waals surface area contributed by atoms with E-state index in [9.17, 15) is 0 Å². The molecule has 42 valence electrons. The van der Waals surface area contributed by atoms with Crippen LogP contribution in [0.25, 0.3) is 0 Å². The highest BCUT2D eigenvalue weighted by molar-refractivity contribution is 4.89. The molecule has 1 rings (SSSR count). The summed E-state index contributed by atoms with van der Waals surface area (Å²) in [7, 11) is 0. The molecule has 1 aliphatic rings. The highest BCUT2D eigenvalue weighted by Gasteiger charge is 2.40. The van der Waals surface area contributed by atoms with Crippen molar-refractivity contribution < 1.29 is 0 Å². The van der Waals surface area contributed by atoms with Gasteiger partial charge in [-0.05, 0) is 17.8 Å². The van der Waals surface area contributed by atoms with Gasteiger partial charge in [-0.15, -0.1) is 0 Å². The molecule has 0 aliphatic heterocycles. The van der Waals surface area contributed by atoms with Crippen molar-refractivity contribution in [3.63, 3.8) is 0 Å². The topological polar surface area (TPSA) is 0 Å². The summed E-state index contributed by atoms with van der Waals surface area (Å²) in [6, 6.07) is 0. The first-order valence-electron chi connectivity index (χ1n) is 3.27. The van der Waals surface area contributed by atoms with E-state index >= 15 is 0 Å². The lowest BCUT2D eigenvalue weighted by Gasteiger charge is -1.80. The van der Waals surface area contributed by atoms with Crippen LogP contribution in [-0.4, -0.2) is 0 Å². The molecule has 1 saturated carbocycles. The van der Waals surface area contributed by atoms with E-state index in [1.54, 1.807) is 0 Å². The van der Waals surface area contributed by atoms with Crippen LogP contribution in [0.2, 0.25) is 0 Å². The van der Waals surface area contributed by atoms with Crippen LogP contribution >= 0.6 is 0 Å². The van der Waals surface area contributed by atoms with E-state index in [-0.39, 0.29) is 0 Å². The SMILES string of the molecule is CCC1[C@@H](C)[C@H]1C. The summed E-state index contributed by atoms with van der Waals surface area (Å²) in [4.78, 5) is 0. The van der Waals surface area contributed by atoms with Crippen molar-refractivity contribution in [3.05, 3.63) is 0 Å². The molecule has 0 aromatic heterocycles. The predicted molar refractivity (Wildman–Crippen MR) is 32.1 cm³/mol. The molecular weight excluding hydrogens is 84.1 g/mol. The van der Waals surface area contributed by atoms with Crippen molar-refractivity contribution in [3.8, 4) is 0 Å². The fraction of sp³-hybridized carbons (Fsp3) is 1.00. The number of rotatable bonds is 1. The zero-order valence-corrected chi connectivity index (χ0v) is 5.44. The largest absolute Gasteiger partial charge is 0.0651 e. The van der Waals surface area contributed by atoms with E-state index in [1.165, 1.54) is 6.42 Å². The Kier molecular flexibility index (Phi) is 1.10. The Morgan fingerprint density at radius 1 is 1.14 bits per heavy atom. The van der Waals surface area contributed by atoms with Gasteiger partial charge in [-0.1, -0.05) is 27.2 Å². The second-order valence-corrected chi connectivity index (χ2v) is 2.79. The van der Waals surface area contributed by atoms with Crippen LogP contribution in [0.4, 0.5) is 0 Å². The number of hydrogen-bond donors (Lipinski definition) is 0. The molecule has 0 aromatic carbocycles. The van der Waals surface area contributed by atoms with E-state index in [1.807, 2.05) is 0 Å². The van der Waals surface area contributed by atoms with Gasteiger partial charge in [0.15, 0.2) is 0 Å². The first-order chi connectivity index (χ1) is 3.27. The molecule has 1 aliphatic carbocycles. The lowest BCUT2D eigenvalue weighted by atomic mass is 10.3. The molecule has 0 bridgehead atoms. The lowest BCUT2D eigenvalue weighted by Crippen LogP contribution is -1.70. The van der Waals surface area contributed by atoms with Crippen molar-refractivity contribution in [2.24, 2.45) is 17.8 Å². The Morgan fingerprint density at radius 2 is 1.57 bits per heavy atom. The second kappa shape index (κ2) is 1.50. The van der Waals surface area contributed by atoms with Gasteiger partial charge < -0.3 is 0 Å². The van der Waals surface area contributed by atoms with Crippen molar-refractivity contribution in [1.82, 2.24) is 0 Å². The molecule has 0 amide bonds. The molecule has 0 heterocycles. The zero-order chi connectivity index (χ0) is 5.44. The van der Waals surface area contributed by atoms with Gasteiger partial charge in [0.25, 0.3) is 0 Å². The van der Waals surface area contributed by atoms with E-state index in [0.29, 0.717) is 0 Å². The average molecular weight is 98.2 g/mol. The van der Waals surface area contributed by atoms with Crippen molar-refractivity contribution in [1.29, 1.82) is 0 Å². The van der Waals surface area contributed by atoms with Gasteiger partial charge in [-0.3, -0.25) is 0 Å². The molecule has 0 N–H and O–H groups in total. The molecule has 0 saturated heterocycles. The standard InChI is InChI=1S/C7H14/c1-4-7-5(2)6(7)3/h5-7H,4H2,1-3H3/t5-,6+,7?. The minimum absolute atomic E-state index is 1.03. The third kappa shape index (κ3) is 0.667. The summed E-state index contributed by atoms with van der Waals surface area (Å²) in [5, 5.41) is 0. The zero-order valence-electron chi connectivity index (χ0n) is 5.44. The Morgan fingerprint density at radius 3 is 1.57 bits per heavy atom. The maximum absolute atomic E-state index is 2.35. The first kappa shape index (κ1) is 5.14. The van der Waals surface area contributed by atoms with Gasteiger partial charge in [0.05, 0.1) is 0 Å². The molecular formula is C7H14. The third-order valence-corrected chi connectivity index (χ3v) is 2.51. The summed E-state index contributed by atoms with van der Waals surface area (Å²) >= 11 is 0. The maximum atomic E-state index is 2.35. The summed E-state index contributed by atoms with van der Waals surface area (Å²) in [5.74, 6) is 3.13. The van der Waals surface area contributed by atoms with Crippen LogP contribution in [0.5, 0.6) is 0 Å². The normalized spacial score (nSPS) is 49.3. The molecule has 0 spiro atoms. The summed E-state index contributed by atoms with van der Waals surface area (Å²) in [5.41, 5.74) is 0. The molecule has 0 heteroatoms. The molecule has 1 unspecified atom stereocenters. The molecule has 0 aromatic rings. The fourth-order valence-corrected chi connectivity index (χ4v) is 1.51. The van der Waals surface area contributed by atoms with Crippen molar-refractivity contribution in [2.75, 3.05) is 0 Å². The molecule has 0 radical (unpaired) electrons. The third-order valence-electron chi connectivity index (χ3n) is 2.51. The monoisotopic (exact) mass is 98.1 g/mol. The predicted octanol–water partition coefficient (Wildman–Crippen LogP) is 2.30. The van der Waals surface area contributed by atoms with Gasteiger partial charge in [0.1, 0.15) is 0 Å². The molecule has 7 heavy (non-hydrogen) atoms. The summed E-state index contributed by atoms with van der Waals surface area (Å²) in [6.07, 6.45) is 1.39. The maximum Gasteiger partial charge on any atom is -0.0360 e. The van der Waals surface area contributed by atoms with E-state index in [2.05, 4.69) is 20.8 Å². The highest BCUT2D eigenvalue weighted by atomic mass is 14.5. The smallest absolute Gasteiger partial charge is 0.0360 e. The van der Waals surface area contributed by atoms with Crippen LogP contribution in [0.3, 0.4) is 0 Å². The number of hydrogen-bond acceptors (Lipinski definition) is 0. The van der Waals surface area contributed by atoms with E-state index in [0.717, 1.165) is 17.8 Å². The van der Waals surface area contributed by atoms with Gasteiger partial charge in [-0.25, -0.2) is 0 Å². The van der Waals surface area contributed by atoms with E-state index < -0.39 is 0 Å². The quantitative estimate of drug-likeness (QED) is 0.472. The second-order valence-electron chi connectivity index (χ2n) is 2.79. The Labute approximate surface area is 45.9 Å². The van der Waals surface area contributed by atoms with Gasteiger partial charge in [0.2, 0.25) is 0 Å². The summed E-state index contributed by atoms with van der Waals surface area (Å²) in [6.45, 7) is 6.97. The van der Waals surface area contributed by atoms with E-state index in [4.69, 9.17) is 0 Å². The van der Waals surface area contributed by atoms with Crippen LogP contribution in [0.1, 0.15) is 27.2 Å². The lowest BCUT2D eigenvalue weighted by molar-refractivity contribution is 0.707. The minimum atomic E-state index is 1.03. The first-order valence-corrected chi connectivity index (χ1v) is 3.27. The Hall–Kier alpha value is 0. The van der Waals surface area contributed by atoms with Crippen molar-refractivity contribution in [2.45, 2.75) is 27.2 Å².